The molecule has 0 aromatic carbocycles. The van der Waals surface area contributed by atoms with E-state index in [2.05, 4.69) is 16.0 Å². The Morgan fingerprint density at radius 1 is 1.35 bits per heavy atom. The molecule has 5 heteroatoms. The number of hydrogen-bond donors (Lipinski definition) is 0. The van der Waals surface area contributed by atoms with Crippen LogP contribution in [0.3, 0.4) is 0 Å². The van der Waals surface area contributed by atoms with Crippen LogP contribution < -0.4 is 4.74 Å². The molecule has 5 nitrogen and oxygen atoms in total. The lowest BCUT2D eigenvalue weighted by molar-refractivity contribution is 0.0716. The van der Waals surface area contributed by atoms with E-state index in [1.165, 1.54) is 25.8 Å². The fraction of sp³-hybridized carbons (Fsp3) is 0.667. The minimum atomic E-state index is 0.439. The molecule has 3 aliphatic rings. The molecule has 0 amide bonds. The fourth-order valence-corrected chi connectivity index (χ4v) is 4.02. The largest absolute Gasteiger partial charge is 0.478 e. The Kier molecular flexibility index (Phi) is 4.19. The van der Waals surface area contributed by atoms with E-state index in [9.17, 15) is 0 Å². The molecule has 2 aliphatic heterocycles. The SMILES string of the molecule is N#Cc1ccc(OCC[C@H]2CO[C@H]3CN(C4CCC4)C[C@@H]23)nc1. The maximum Gasteiger partial charge on any atom is 0.213 e. The second-order valence-corrected chi connectivity index (χ2v) is 6.97. The third kappa shape index (κ3) is 3.06. The number of rotatable bonds is 5. The van der Waals surface area contributed by atoms with Crippen molar-refractivity contribution in [2.75, 3.05) is 26.3 Å². The number of pyridine rings is 1. The maximum atomic E-state index is 8.77. The Balaban J connectivity index is 1.25. The third-order valence-corrected chi connectivity index (χ3v) is 5.66. The lowest BCUT2D eigenvalue weighted by Crippen LogP contribution is -2.39. The lowest BCUT2D eigenvalue weighted by atomic mass is 9.89. The fourth-order valence-electron chi connectivity index (χ4n) is 4.02. The summed E-state index contributed by atoms with van der Waals surface area (Å²) in [6.45, 7) is 3.87. The van der Waals surface area contributed by atoms with Gasteiger partial charge in [0.2, 0.25) is 5.88 Å². The van der Waals surface area contributed by atoms with E-state index in [1.807, 2.05) is 0 Å². The van der Waals surface area contributed by atoms with Crippen LogP contribution >= 0.6 is 0 Å². The van der Waals surface area contributed by atoms with Crippen molar-refractivity contribution in [1.29, 1.82) is 5.26 Å². The van der Waals surface area contributed by atoms with Gasteiger partial charge in [-0.3, -0.25) is 4.90 Å². The van der Waals surface area contributed by atoms with Crippen LogP contribution in [-0.2, 0) is 4.74 Å². The Morgan fingerprint density at radius 3 is 2.96 bits per heavy atom. The van der Waals surface area contributed by atoms with E-state index in [4.69, 9.17) is 14.7 Å². The van der Waals surface area contributed by atoms with Gasteiger partial charge in [-0.1, -0.05) is 6.42 Å². The quantitative estimate of drug-likeness (QED) is 0.834. The smallest absolute Gasteiger partial charge is 0.213 e. The van der Waals surface area contributed by atoms with Crippen molar-refractivity contribution in [2.24, 2.45) is 11.8 Å². The molecule has 0 radical (unpaired) electrons. The number of hydrogen-bond acceptors (Lipinski definition) is 5. The molecule has 23 heavy (non-hydrogen) atoms. The van der Waals surface area contributed by atoms with Crippen molar-refractivity contribution in [3.05, 3.63) is 23.9 Å². The van der Waals surface area contributed by atoms with Gasteiger partial charge in [-0.2, -0.15) is 5.26 Å². The highest BCUT2D eigenvalue weighted by molar-refractivity contribution is 5.28. The maximum absolute atomic E-state index is 8.77. The molecule has 4 rings (SSSR count). The summed E-state index contributed by atoms with van der Waals surface area (Å²) in [4.78, 5) is 6.80. The van der Waals surface area contributed by atoms with Gasteiger partial charge in [-0.25, -0.2) is 4.98 Å². The molecule has 1 aromatic rings. The first-order valence-electron chi connectivity index (χ1n) is 8.68. The molecule has 0 unspecified atom stereocenters. The molecule has 1 saturated carbocycles. The molecule has 3 atom stereocenters. The zero-order valence-electron chi connectivity index (χ0n) is 13.4. The van der Waals surface area contributed by atoms with E-state index in [0.29, 0.717) is 36.0 Å². The second-order valence-electron chi connectivity index (χ2n) is 6.97. The predicted molar refractivity (Wildman–Crippen MR) is 85.0 cm³/mol. The number of likely N-dealkylation sites (tertiary alicyclic amines) is 1. The van der Waals surface area contributed by atoms with Gasteiger partial charge in [-0.15, -0.1) is 0 Å². The molecular weight excluding hydrogens is 290 g/mol. The summed E-state index contributed by atoms with van der Waals surface area (Å²) in [5.41, 5.74) is 0.562. The van der Waals surface area contributed by atoms with Crippen LogP contribution in [0.25, 0.3) is 0 Å². The minimum absolute atomic E-state index is 0.439. The van der Waals surface area contributed by atoms with Gasteiger partial charge >= 0.3 is 0 Å². The number of aromatic nitrogens is 1. The molecule has 2 saturated heterocycles. The average molecular weight is 313 g/mol. The highest BCUT2D eigenvalue weighted by Gasteiger charge is 2.45. The van der Waals surface area contributed by atoms with Gasteiger partial charge in [0.15, 0.2) is 0 Å². The topological polar surface area (TPSA) is 58.4 Å². The van der Waals surface area contributed by atoms with Crippen molar-refractivity contribution < 1.29 is 9.47 Å². The van der Waals surface area contributed by atoms with E-state index in [0.717, 1.165) is 25.6 Å². The Hall–Kier alpha value is -1.64. The molecule has 0 spiro atoms. The molecule has 3 fully saturated rings. The van der Waals surface area contributed by atoms with Crippen LogP contribution in [0.5, 0.6) is 5.88 Å². The Bertz CT molecular complexity index is 579. The number of fused-ring (bicyclic) bond motifs is 1. The van der Waals surface area contributed by atoms with Gasteiger partial charge in [0, 0.05) is 37.3 Å². The predicted octanol–water partition coefficient (Wildman–Crippen LogP) is 2.22. The molecule has 0 bridgehead atoms. The standard InChI is InChI=1S/C18H23N3O2/c19-8-13-4-5-18(20-9-13)22-7-6-14-12-23-17-11-21(10-16(14)17)15-2-1-3-15/h4-5,9,14-17H,1-3,6-7,10-12H2/t14-,16-,17-/m0/s1. The van der Waals surface area contributed by atoms with Crippen molar-refractivity contribution in [1.82, 2.24) is 9.88 Å². The first-order chi connectivity index (χ1) is 11.3. The summed E-state index contributed by atoms with van der Waals surface area (Å²) in [7, 11) is 0. The molecule has 1 aliphatic carbocycles. The van der Waals surface area contributed by atoms with Crippen molar-refractivity contribution in [2.45, 2.75) is 37.8 Å². The van der Waals surface area contributed by atoms with E-state index < -0.39 is 0 Å². The van der Waals surface area contributed by atoms with E-state index >= 15 is 0 Å². The summed E-state index contributed by atoms with van der Waals surface area (Å²) in [5, 5.41) is 8.77. The number of ether oxygens (including phenoxy) is 2. The van der Waals surface area contributed by atoms with Crippen molar-refractivity contribution in [3.8, 4) is 11.9 Å². The van der Waals surface area contributed by atoms with E-state index in [-0.39, 0.29) is 0 Å². The minimum Gasteiger partial charge on any atom is -0.478 e. The van der Waals surface area contributed by atoms with Crippen LogP contribution in [0.15, 0.2) is 18.3 Å². The average Bonchev–Trinajstić information content (AvgIpc) is 3.08. The normalized spacial score (nSPS) is 30.7. The summed E-state index contributed by atoms with van der Waals surface area (Å²) >= 11 is 0. The van der Waals surface area contributed by atoms with Crippen LogP contribution in [0, 0.1) is 23.2 Å². The molecule has 1 aromatic heterocycles. The zero-order valence-corrected chi connectivity index (χ0v) is 13.4. The van der Waals surface area contributed by atoms with Crippen LogP contribution in [0.4, 0.5) is 0 Å². The van der Waals surface area contributed by atoms with Gasteiger partial charge in [0.25, 0.3) is 0 Å². The number of nitriles is 1. The second kappa shape index (κ2) is 6.46. The van der Waals surface area contributed by atoms with Gasteiger partial charge < -0.3 is 9.47 Å². The summed E-state index contributed by atoms with van der Waals surface area (Å²) in [5.74, 6) is 1.87. The Labute approximate surface area is 137 Å². The Morgan fingerprint density at radius 2 is 2.26 bits per heavy atom. The molecular formula is C18H23N3O2. The summed E-state index contributed by atoms with van der Waals surface area (Å²) in [6, 6.07) is 6.39. The number of nitrogens with zero attached hydrogens (tertiary/aromatic N) is 3. The van der Waals surface area contributed by atoms with Crippen LogP contribution in [0.1, 0.15) is 31.2 Å². The van der Waals surface area contributed by atoms with Crippen LogP contribution in [0.2, 0.25) is 0 Å². The lowest BCUT2D eigenvalue weighted by Gasteiger charge is -2.35. The highest BCUT2D eigenvalue weighted by Crippen LogP contribution is 2.39. The highest BCUT2D eigenvalue weighted by atomic mass is 16.5. The van der Waals surface area contributed by atoms with Crippen molar-refractivity contribution >= 4 is 0 Å². The van der Waals surface area contributed by atoms with Gasteiger partial charge in [0.05, 0.1) is 24.9 Å². The first kappa shape index (κ1) is 14.9. The van der Waals surface area contributed by atoms with Crippen molar-refractivity contribution in [3.63, 3.8) is 0 Å². The van der Waals surface area contributed by atoms with Gasteiger partial charge in [-0.05, 0) is 31.2 Å². The first-order valence-corrected chi connectivity index (χ1v) is 8.68. The zero-order chi connectivity index (χ0) is 15.6. The molecule has 3 heterocycles. The monoisotopic (exact) mass is 313 g/mol. The molecule has 0 N–H and O–H groups in total. The van der Waals surface area contributed by atoms with E-state index in [1.54, 1.807) is 18.3 Å². The van der Waals surface area contributed by atoms with Gasteiger partial charge in [0.1, 0.15) is 6.07 Å². The summed E-state index contributed by atoms with van der Waals surface area (Å²) < 4.78 is 11.8. The third-order valence-electron chi connectivity index (χ3n) is 5.66. The molecule has 122 valence electrons. The van der Waals surface area contributed by atoms with Crippen LogP contribution in [-0.4, -0.2) is 48.3 Å². The summed E-state index contributed by atoms with van der Waals surface area (Å²) in [6.07, 6.45) is 7.15.